The fourth-order valence-electron chi connectivity index (χ4n) is 0.803. The molecule has 0 aliphatic rings. The third kappa shape index (κ3) is 2.52. The van der Waals surface area contributed by atoms with E-state index < -0.39 is 17.4 Å². The van der Waals surface area contributed by atoms with Crippen LogP contribution in [0.5, 0.6) is 0 Å². The first-order valence-corrected chi connectivity index (χ1v) is 5.11. The van der Waals surface area contributed by atoms with Gasteiger partial charge in [0.05, 0.1) is 9.13 Å². The summed E-state index contributed by atoms with van der Waals surface area (Å²) in [5, 5.41) is -1.04. The van der Waals surface area contributed by atoms with Crippen LogP contribution in [0.1, 0.15) is 22.5 Å². The Labute approximate surface area is 102 Å². The Hall–Kier alpha value is -0.0100. The number of alkyl halides is 2. The fraction of sp³-hybridized carbons (Fsp3) is 0.143. The maximum atomic E-state index is 12.4. The van der Waals surface area contributed by atoms with E-state index in [-0.39, 0.29) is 10.7 Å². The lowest BCUT2D eigenvalue weighted by Gasteiger charge is -2.05. The van der Waals surface area contributed by atoms with Gasteiger partial charge in [-0.1, -0.05) is 11.6 Å². The van der Waals surface area contributed by atoms with Gasteiger partial charge in [0.25, 0.3) is 11.7 Å². The van der Waals surface area contributed by atoms with Crippen molar-refractivity contribution in [3.63, 3.8) is 0 Å². The van der Waals surface area contributed by atoms with E-state index in [2.05, 4.69) is 4.98 Å². The van der Waals surface area contributed by atoms with Crippen LogP contribution in [-0.2, 0) is 0 Å². The molecule has 2 nitrogen and oxygen atoms in total. The molecule has 0 saturated heterocycles. The molecule has 0 aromatic carbocycles. The molecule has 0 unspecified atom stereocenters. The van der Waals surface area contributed by atoms with Crippen LogP contribution >= 0.6 is 45.8 Å². The van der Waals surface area contributed by atoms with Crippen LogP contribution in [0.15, 0.2) is 6.07 Å². The van der Waals surface area contributed by atoms with Crippen molar-refractivity contribution in [2.45, 2.75) is 6.43 Å². The number of carbonyl (C=O) groups excluding carboxylic acids is 1. The van der Waals surface area contributed by atoms with Gasteiger partial charge in [0.15, 0.2) is 0 Å². The molecule has 14 heavy (non-hydrogen) atoms. The van der Waals surface area contributed by atoms with Crippen LogP contribution < -0.4 is 0 Å². The van der Waals surface area contributed by atoms with Crippen molar-refractivity contribution in [1.29, 1.82) is 0 Å². The summed E-state index contributed by atoms with van der Waals surface area (Å²) in [6, 6.07) is 1.19. The number of hydrogen-bond acceptors (Lipinski definition) is 2. The zero-order valence-electron chi connectivity index (χ0n) is 6.40. The van der Waals surface area contributed by atoms with Crippen molar-refractivity contribution in [2.24, 2.45) is 0 Å². The minimum Gasteiger partial charge on any atom is -0.276 e. The molecule has 0 aliphatic heterocycles. The quantitative estimate of drug-likeness (QED) is 0.462. The first-order valence-electron chi connectivity index (χ1n) is 3.27. The first-order chi connectivity index (χ1) is 6.43. The summed E-state index contributed by atoms with van der Waals surface area (Å²) in [6.45, 7) is 0. The highest BCUT2D eigenvalue weighted by Gasteiger charge is 2.20. The van der Waals surface area contributed by atoms with Crippen molar-refractivity contribution in [1.82, 2.24) is 4.98 Å². The second-order valence-electron chi connectivity index (χ2n) is 2.27. The molecule has 0 radical (unpaired) electrons. The smallest absolute Gasteiger partial charge is 0.276 e. The molecule has 7 heteroatoms. The zero-order valence-corrected chi connectivity index (χ0v) is 10.1. The van der Waals surface area contributed by atoms with E-state index in [0.717, 1.165) is 0 Å². The minimum atomic E-state index is -2.87. The summed E-state index contributed by atoms with van der Waals surface area (Å²) < 4.78 is 25.1. The Kier molecular flexibility index (Phi) is 4.03. The minimum absolute atomic E-state index is 0.0671. The molecule has 1 aromatic heterocycles. The molecule has 1 rings (SSSR count). The fourth-order valence-corrected chi connectivity index (χ4v) is 1.53. The predicted molar refractivity (Wildman–Crippen MR) is 57.1 cm³/mol. The van der Waals surface area contributed by atoms with Crippen molar-refractivity contribution in [2.75, 3.05) is 0 Å². The van der Waals surface area contributed by atoms with Crippen molar-refractivity contribution in [3.8, 4) is 0 Å². The highest BCUT2D eigenvalue weighted by molar-refractivity contribution is 14.1. The number of carbonyl (C=O) groups is 1. The molecule has 0 amide bonds. The largest absolute Gasteiger partial charge is 0.281 e. The molecule has 1 heterocycles. The van der Waals surface area contributed by atoms with E-state index in [1.54, 1.807) is 22.6 Å². The average molecular weight is 352 g/mol. The SMILES string of the molecule is O=C(Cl)c1cc(I)c(Cl)nc1C(F)F. The van der Waals surface area contributed by atoms with Gasteiger partial charge in [-0.3, -0.25) is 4.79 Å². The summed E-state index contributed by atoms with van der Waals surface area (Å²) in [5.41, 5.74) is -0.995. The summed E-state index contributed by atoms with van der Waals surface area (Å²) in [6.07, 6.45) is -2.87. The second-order valence-corrected chi connectivity index (χ2v) is 4.13. The van der Waals surface area contributed by atoms with Gasteiger partial charge in [-0.25, -0.2) is 13.8 Å². The summed E-state index contributed by atoms with van der Waals surface area (Å²) in [4.78, 5) is 14.2. The van der Waals surface area contributed by atoms with Gasteiger partial charge in [-0.15, -0.1) is 0 Å². The standard InChI is InChI=1S/C7H2Cl2F2INO/c8-5-3(12)1-2(6(9)14)4(13-5)7(10)11/h1,7H. The summed E-state index contributed by atoms with van der Waals surface area (Å²) in [5.74, 6) is 0. The van der Waals surface area contributed by atoms with Crippen molar-refractivity contribution >= 4 is 51.0 Å². The normalized spacial score (nSPS) is 10.7. The number of aromatic nitrogens is 1. The van der Waals surface area contributed by atoms with Crippen LogP contribution in [0, 0.1) is 3.57 Å². The van der Waals surface area contributed by atoms with Crippen molar-refractivity contribution in [3.05, 3.63) is 26.0 Å². The maximum Gasteiger partial charge on any atom is 0.281 e. The monoisotopic (exact) mass is 351 g/mol. The number of halogens is 5. The molecule has 0 N–H and O–H groups in total. The van der Waals surface area contributed by atoms with Gasteiger partial charge in [-0.2, -0.15) is 0 Å². The van der Waals surface area contributed by atoms with E-state index in [4.69, 9.17) is 23.2 Å². The van der Waals surface area contributed by atoms with E-state index in [1.807, 2.05) is 0 Å². The highest BCUT2D eigenvalue weighted by Crippen LogP contribution is 2.27. The average Bonchev–Trinajstić information content (AvgIpc) is 2.08. The van der Waals surface area contributed by atoms with Crippen molar-refractivity contribution < 1.29 is 13.6 Å². The van der Waals surface area contributed by atoms with E-state index >= 15 is 0 Å². The van der Waals surface area contributed by atoms with Gasteiger partial charge in [-0.05, 0) is 40.3 Å². The predicted octanol–water partition coefficient (Wildman–Crippen LogP) is 3.66. The molecule has 0 bridgehead atoms. The summed E-state index contributed by atoms with van der Waals surface area (Å²) in [7, 11) is 0. The Balaban J connectivity index is 3.39. The van der Waals surface area contributed by atoms with Crippen LogP contribution in [0.25, 0.3) is 0 Å². The lowest BCUT2D eigenvalue weighted by molar-refractivity contribution is 0.106. The van der Waals surface area contributed by atoms with Crippen LogP contribution in [0.4, 0.5) is 8.78 Å². The van der Waals surface area contributed by atoms with Gasteiger partial charge >= 0.3 is 0 Å². The topological polar surface area (TPSA) is 30.0 Å². The van der Waals surface area contributed by atoms with E-state index in [9.17, 15) is 13.6 Å². The third-order valence-electron chi connectivity index (χ3n) is 1.38. The lowest BCUT2D eigenvalue weighted by Crippen LogP contribution is -2.03. The van der Waals surface area contributed by atoms with Crippen LogP contribution in [0.3, 0.4) is 0 Å². The Morgan fingerprint density at radius 1 is 1.57 bits per heavy atom. The molecule has 0 aliphatic carbocycles. The molecule has 0 fully saturated rings. The number of hydrogen-bond donors (Lipinski definition) is 0. The van der Waals surface area contributed by atoms with E-state index in [0.29, 0.717) is 3.57 Å². The molecule has 1 aromatic rings. The highest BCUT2D eigenvalue weighted by atomic mass is 127. The molecule has 0 spiro atoms. The Morgan fingerprint density at radius 3 is 2.57 bits per heavy atom. The van der Waals surface area contributed by atoms with Gasteiger partial charge in [0.1, 0.15) is 10.8 Å². The Bertz CT molecular complexity index is 386. The molecule has 0 atom stereocenters. The maximum absolute atomic E-state index is 12.4. The summed E-state index contributed by atoms with van der Waals surface area (Å²) >= 11 is 12.4. The first kappa shape index (κ1) is 12.1. The van der Waals surface area contributed by atoms with Crippen LogP contribution in [0.2, 0.25) is 5.15 Å². The van der Waals surface area contributed by atoms with Crippen LogP contribution in [-0.4, -0.2) is 10.2 Å². The lowest BCUT2D eigenvalue weighted by atomic mass is 10.2. The zero-order chi connectivity index (χ0) is 10.9. The third-order valence-corrected chi connectivity index (χ3v) is 3.01. The van der Waals surface area contributed by atoms with E-state index in [1.165, 1.54) is 6.07 Å². The number of rotatable bonds is 2. The Morgan fingerprint density at radius 2 is 2.14 bits per heavy atom. The van der Waals surface area contributed by atoms with Gasteiger partial charge in [0.2, 0.25) is 0 Å². The second kappa shape index (κ2) is 4.67. The van der Waals surface area contributed by atoms with Gasteiger partial charge < -0.3 is 0 Å². The molecule has 76 valence electrons. The molecular weight excluding hydrogens is 350 g/mol. The number of pyridine rings is 1. The van der Waals surface area contributed by atoms with Gasteiger partial charge in [0, 0.05) is 0 Å². The number of nitrogens with zero attached hydrogens (tertiary/aromatic N) is 1. The molecule has 0 saturated carbocycles. The molecular formula is C7H2Cl2F2INO.